The van der Waals surface area contributed by atoms with Gasteiger partial charge < -0.3 is 14.9 Å². The van der Waals surface area contributed by atoms with Crippen LogP contribution >= 0.6 is 0 Å². The molecule has 2 N–H and O–H groups in total. The third-order valence-electron chi connectivity index (χ3n) is 1.27. The van der Waals surface area contributed by atoms with Gasteiger partial charge in [0, 0.05) is 7.05 Å². The summed E-state index contributed by atoms with van der Waals surface area (Å²) >= 11 is 0. The number of nitrogens with one attached hydrogen (secondary N) is 1. The lowest BCUT2D eigenvalue weighted by Crippen LogP contribution is -2.47. The van der Waals surface area contributed by atoms with Gasteiger partial charge in [-0.2, -0.15) is 0 Å². The van der Waals surface area contributed by atoms with Crippen molar-refractivity contribution < 1.29 is 14.4 Å². The zero-order valence-corrected chi connectivity index (χ0v) is 7.59. The number of quaternary nitrogens is 1. The Morgan fingerprint density at radius 3 is 2.27 bits per heavy atom. The van der Waals surface area contributed by atoms with Crippen LogP contribution in [0.15, 0.2) is 0 Å². The fourth-order valence-electron chi connectivity index (χ4n) is 0.768. The van der Waals surface area contributed by atoms with Crippen LogP contribution in [0.4, 0.5) is 0 Å². The van der Waals surface area contributed by atoms with Gasteiger partial charge in [0.15, 0.2) is 6.10 Å². The van der Waals surface area contributed by atoms with E-state index in [1.54, 1.807) is 0 Å². The number of aliphatic hydroxyl groups is 1. The highest BCUT2D eigenvalue weighted by Gasteiger charge is 2.20. The van der Waals surface area contributed by atoms with Crippen molar-refractivity contribution in [2.45, 2.75) is 6.10 Å². The lowest BCUT2D eigenvalue weighted by atomic mass is 10.3. The van der Waals surface area contributed by atoms with Gasteiger partial charge in [0.2, 0.25) is 0 Å². The maximum absolute atomic E-state index is 10.8. The maximum atomic E-state index is 10.8. The van der Waals surface area contributed by atoms with Crippen molar-refractivity contribution >= 4 is 5.91 Å². The summed E-state index contributed by atoms with van der Waals surface area (Å²) < 4.78 is 0.578. The first kappa shape index (κ1) is 10.4. The first-order valence-electron chi connectivity index (χ1n) is 3.57. The predicted molar refractivity (Wildman–Crippen MR) is 43.0 cm³/mol. The highest BCUT2D eigenvalue weighted by atomic mass is 16.3. The first-order chi connectivity index (χ1) is 4.87. The highest BCUT2D eigenvalue weighted by Crippen LogP contribution is 1.94. The SMILES string of the molecule is CNC(=O)C(O)C[N+](C)(C)C. The minimum Gasteiger partial charge on any atom is -0.378 e. The van der Waals surface area contributed by atoms with Gasteiger partial charge in [-0.15, -0.1) is 0 Å². The van der Waals surface area contributed by atoms with Gasteiger partial charge in [0.25, 0.3) is 5.91 Å². The number of rotatable bonds is 3. The molecule has 0 fully saturated rings. The molecule has 11 heavy (non-hydrogen) atoms. The summed E-state index contributed by atoms with van der Waals surface area (Å²) in [6.07, 6.45) is -0.903. The molecule has 4 heteroatoms. The van der Waals surface area contributed by atoms with Crippen molar-refractivity contribution in [3.63, 3.8) is 0 Å². The van der Waals surface area contributed by atoms with Crippen molar-refractivity contribution in [3.8, 4) is 0 Å². The molecule has 0 radical (unpaired) electrons. The lowest BCUT2D eigenvalue weighted by Gasteiger charge is -2.25. The zero-order chi connectivity index (χ0) is 9.07. The zero-order valence-electron chi connectivity index (χ0n) is 7.59. The van der Waals surface area contributed by atoms with Crippen LogP contribution in [-0.4, -0.2) is 56.3 Å². The second kappa shape index (κ2) is 3.69. The maximum Gasteiger partial charge on any atom is 0.254 e. The molecule has 0 saturated heterocycles. The first-order valence-corrected chi connectivity index (χ1v) is 3.57. The van der Waals surface area contributed by atoms with E-state index in [9.17, 15) is 9.90 Å². The molecule has 1 amide bonds. The van der Waals surface area contributed by atoms with Crippen LogP contribution in [0, 0.1) is 0 Å². The molecular formula is C7H17N2O2+. The number of nitrogens with zero attached hydrogens (tertiary/aromatic N) is 1. The van der Waals surface area contributed by atoms with E-state index in [2.05, 4.69) is 5.32 Å². The number of carbonyl (C=O) groups is 1. The van der Waals surface area contributed by atoms with Crippen LogP contribution in [0.2, 0.25) is 0 Å². The molecule has 0 aliphatic carbocycles. The summed E-state index contributed by atoms with van der Waals surface area (Å²) in [4.78, 5) is 10.8. The Hall–Kier alpha value is -0.610. The Morgan fingerprint density at radius 1 is 1.55 bits per heavy atom. The van der Waals surface area contributed by atoms with Gasteiger partial charge in [0.05, 0.1) is 21.1 Å². The van der Waals surface area contributed by atoms with Crippen molar-refractivity contribution in [1.29, 1.82) is 0 Å². The Morgan fingerprint density at radius 2 is 2.00 bits per heavy atom. The fourth-order valence-corrected chi connectivity index (χ4v) is 0.768. The van der Waals surface area contributed by atoms with E-state index in [1.165, 1.54) is 7.05 Å². The summed E-state index contributed by atoms with van der Waals surface area (Å²) in [5.41, 5.74) is 0. The van der Waals surface area contributed by atoms with Crippen molar-refractivity contribution in [1.82, 2.24) is 5.32 Å². The average molecular weight is 161 g/mol. The molecular weight excluding hydrogens is 144 g/mol. The number of hydrogen-bond acceptors (Lipinski definition) is 2. The Balaban J connectivity index is 3.87. The van der Waals surface area contributed by atoms with Crippen LogP contribution in [0.5, 0.6) is 0 Å². The molecule has 66 valence electrons. The van der Waals surface area contributed by atoms with Crippen molar-refractivity contribution in [3.05, 3.63) is 0 Å². The number of hydrogen-bond donors (Lipinski definition) is 2. The molecule has 1 atom stereocenters. The van der Waals surface area contributed by atoms with E-state index in [0.717, 1.165) is 0 Å². The van der Waals surface area contributed by atoms with E-state index < -0.39 is 6.10 Å². The molecule has 0 bridgehead atoms. The van der Waals surface area contributed by atoms with E-state index in [0.29, 0.717) is 11.0 Å². The topological polar surface area (TPSA) is 49.3 Å². The lowest BCUT2D eigenvalue weighted by molar-refractivity contribution is -0.872. The Bertz CT molecular complexity index is 140. The standard InChI is InChI=1S/C7H16N2O2/c1-8-7(11)6(10)5-9(2,3)4/h6,10H,5H2,1-4H3/p+1. The highest BCUT2D eigenvalue weighted by molar-refractivity contribution is 5.80. The molecule has 0 saturated carbocycles. The Labute approximate surface area is 67.4 Å². The molecule has 0 aromatic carbocycles. The van der Waals surface area contributed by atoms with E-state index >= 15 is 0 Å². The fraction of sp³-hybridized carbons (Fsp3) is 0.857. The quantitative estimate of drug-likeness (QED) is 0.511. The van der Waals surface area contributed by atoms with Gasteiger partial charge >= 0.3 is 0 Å². The minimum absolute atomic E-state index is 0.321. The summed E-state index contributed by atoms with van der Waals surface area (Å²) in [5, 5.41) is 11.6. The van der Waals surface area contributed by atoms with Gasteiger partial charge in [-0.25, -0.2) is 0 Å². The van der Waals surface area contributed by atoms with Crippen LogP contribution in [0.1, 0.15) is 0 Å². The van der Waals surface area contributed by atoms with Gasteiger partial charge in [-0.3, -0.25) is 4.79 Å². The van der Waals surface area contributed by atoms with Crippen molar-refractivity contribution in [2.75, 3.05) is 34.7 Å². The van der Waals surface area contributed by atoms with Gasteiger partial charge in [-0.1, -0.05) is 0 Å². The van der Waals surface area contributed by atoms with Crippen LogP contribution in [0.3, 0.4) is 0 Å². The van der Waals surface area contributed by atoms with E-state index in [1.807, 2.05) is 21.1 Å². The summed E-state index contributed by atoms with van der Waals surface area (Å²) in [6, 6.07) is 0. The van der Waals surface area contributed by atoms with Crippen molar-refractivity contribution in [2.24, 2.45) is 0 Å². The third-order valence-corrected chi connectivity index (χ3v) is 1.27. The number of carbonyl (C=O) groups excluding carboxylic acids is 1. The normalized spacial score (nSPS) is 14.3. The number of likely N-dealkylation sites (N-methyl/N-ethyl adjacent to an activating group) is 2. The second-order valence-corrected chi connectivity index (χ2v) is 3.60. The molecule has 0 aromatic rings. The van der Waals surface area contributed by atoms with Gasteiger partial charge in [0.1, 0.15) is 6.54 Å². The van der Waals surface area contributed by atoms with E-state index in [4.69, 9.17) is 0 Å². The largest absolute Gasteiger partial charge is 0.378 e. The third kappa shape index (κ3) is 4.75. The molecule has 0 aliphatic rings. The molecule has 0 aromatic heterocycles. The molecule has 0 rings (SSSR count). The van der Waals surface area contributed by atoms with Crippen LogP contribution < -0.4 is 5.32 Å². The summed E-state index contributed by atoms with van der Waals surface area (Å²) in [5.74, 6) is -0.321. The molecule has 1 unspecified atom stereocenters. The van der Waals surface area contributed by atoms with Gasteiger partial charge in [-0.05, 0) is 0 Å². The molecule has 4 nitrogen and oxygen atoms in total. The monoisotopic (exact) mass is 161 g/mol. The summed E-state index contributed by atoms with van der Waals surface area (Å²) in [7, 11) is 7.28. The number of aliphatic hydroxyl groups excluding tert-OH is 1. The summed E-state index contributed by atoms with van der Waals surface area (Å²) in [6.45, 7) is 0.430. The molecule has 0 heterocycles. The predicted octanol–water partition coefficient (Wildman–Crippen LogP) is -1.20. The second-order valence-electron chi connectivity index (χ2n) is 3.60. The minimum atomic E-state index is -0.903. The molecule has 0 aliphatic heterocycles. The van der Waals surface area contributed by atoms with Crippen LogP contribution in [0.25, 0.3) is 0 Å². The average Bonchev–Trinajstić information content (AvgIpc) is 1.82. The molecule has 0 spiro atoms. The van der Waals surface area contributed by atoms with E-state index in [-0.39, 0.29) is 5.91 Å². The Kier molecular flexibility index (Phi) is 3.48. The number of amides is 1. The van der Waals surface area contributed by atoms with Crippen LogP contribution in [-0.2, 0) is 4.79 Å². The smallest absolute Gasteiger partial charge is 0.254 e.